The van der Waals surface area contributed by atoms with Gasteiger partial charge in [-0.1, -0.05) is 0 Å². The minimum absolute atomic E-state index is 0.609. The standard InChI is InChI=1S/C12H16N4O/c1-9-10(8-15-16(9)2)7-14-11-4-5-13-12(6-11)17-3/h4-6,8H,7H2,1-3H3,(H,13,14). The fraction of sp³-hybridized carbons (Fsp3) is 0.333. The van der Waals surface area contributed by atoms with Gasteiger partial charge in [0.2, 0.25) is 5.88 Å². The SMILES string of the molecule is COc1cc(NCc2cnn(C)c2C)ccn1. The summed E-state index contributed by atoms with van der Waals surface area (Å²) in [4.78, 5) is 4.06. The Bertz CT molecular complexity index is 507. The zero-order valence-corrected chi connectivity index (χ0v) is 10.3. The summed E-state index contributed by atoms with van der Waals surface area (Å²) in [6.45, 7) is 2.80. The van der Waals surface area contributed by atoms with Crippen LogP contribution in [0.2, 0.25) is 0 Å². The predicted octanol–water partition coefficient (Wildman–Crippen LogP) is 1.74. The summed E-state index contributed by atoms with van der Waals surface area (Å²) < 4.78 is 6.93. The van der Waals surface area contributed by atoms with Crippen LogP contribution < -0.4 is 10.1 Å². The summed E-state index contributed by atoms with van der Waals surface area (Å²) in [5.74, 6) is 0.609. The average molecular weight is 232 g/mol. The highest BCUT2D eigenvalue weighted by Gasteiger charge is 2.03. The van der Waals surface area contributed by atoms with E-state index in [-0.39, 0.29) is 0 Å². The molecular formula is C12H16N4O. The van der Waals surface area contributed by atoms with Gasteiger partial charge in [0.15, 0.2) is 0 Å². The quantitative estimate of drug-likeness (QED) is 0.872. The van der Waals surface area contributed by atoms with Gasteiger partial charge >= 0.3 is 0 Å². The lowest BCUT2D eigenvalue weighted by molar-refractivity contribution is 0.398. The van der Waals surface area contributed by atoms with E-state index in [9.17, 15) is 0 Å². The van der Waals surface area contributed by atoms with E-state index in [0.717, 1.165) is 12.2 Å². The molecular weight excluding hydrogens is 216 g/mol. The summed E-state index contributed by atoms with van der Waals surface area (Å²) in [7, 11) is 3.55. The molecule has 0 aliphatic carbocycles. The van der Waals surface area contributed by atoms with Crippen LogP contribution in [0.5, 0.6) is 5.88 Å². The molecule has 17 heavy (non-hydrogen) atoms. The van der Waals surface area contributed by atoms with E-state index in [1.54, 1.807) is 13.3 Å². The Balaban J connectivity index is 2.04. The summed E-state index contributed by atoms with van der Waals surface area (Å²) in [6.07, 6.45) is 3.60. The van der Waals surface area contributed by atoms with E-state index in [1.807, 2.05) is 30.1 Å². The highest BCUT2D eigenvalue weighted by atomic mass is 16.5. The van der Waals surface area contributed by atoms with E-state index in [4.69, 9.17) is 4.74 Å². The molecule has 2 aromatic rings. The number of nitrogens with one attached hydrogen (secondary N) is 1. The lowest BCUT2D eigenvalue weighted by atomic mass is 10.2. The Morgan fingerprint density at radius 1 is 1.47 bits per heavy atom. The number of nitrogens with zero attached hydrogens (tertiary/aromatic N) is 3. The number of aryl methyl sites for hydroxylation is 1. The van der Waals surface area contributed by atoms with Crippen molar-refractivity contribution in [2.75, 3.05) is 12.4 Å². The van der Waals surface area contributed by atoms with Gasteiger partial charge in [-0.05, 0) is 13.0 Å². The number of hydrogen-bond donors (Lipinski definition) is 1. The first-order valence-electron chi connectivity index (χ1n) is 5.42. The van der Waals surface area contributed by atoms with Gasteiger partial charge in [-0.2, -0.15) is 5.10 Å². The van der Waals surface area contributed by atoms with Gasteiger partial charge in [-0.15, -0.1) is 0 Å². The van der Waals surface area contributed by atoms with Crippen molar-refractivity contribution in [3.8, 4) is 5.88 Å². The first kappa shape index (κ1) is 11.4. The number of hydrogen-bond acceptors (Lipinski definition) is 4. The molecule has 2 heterocycles. The molecule has 0 spiro atoms. The van der Waals surface area contributed by atoms with Crippen LogP contribution in [0.1, 0.15) is 11.3 Å². The summed E-state index contributed by atoms with van der Waals surface area (Å²) in [5, 5.41) is 7.52. The molecule has 0 saturated carbocycles. The molecule has 0 aromatic carbocycles. The maximum atomic E-state index is 5.07. The fourth-order valence-electron chi connectivity index (χ4n) is 1.55. The number of aromatic nitrogens is 3. The van der Waals surface area contributed by atoms with Gasteiger partial charge in [0.1, 0.15) is 0 Å². The van der Waals surface area contributed by atoms with E-state index >= 15 is 0 Å². The predicted molar refractivity (Wildman–Crippen MR) is 66.1 cm³/mol. The molecule has 5 nitrogen and oxygen atoms in total. The normalized spacial score (nSPS) is 10.3. The minimum atomic E-state index is 0.609. The van der Waals surface area contributed by atoms with Crippen molar-refractivity contribution in [2.45, 2.75) is 13.5 Å². The molecule has 0 radical (unpaired) electrons. The molecule has 0 bridgehead atoms. The first-order valence-corrected chi connectivity index (χ1v) is 5.42. The second-order valence-electron chi connectivity index (χ2n) is 3.82. The molecule has 2 aromatic heterocycles. The van der Waals surface area contributed by atoms with Gasteiger partial charge in [-0.25, -0.2) is 4.98 Å². The average Bonchev–Trinajstić information content (AvgIpc) is 2.68. The van der Waals surface area contributed by atoms with Gasteiger partial charge in [0, 0.05) is 42.8 Å². The van der Waals surface area contributed by atoms with Crippen molar-refractivity contribution in [3.63, 3.8) is 0 Å². The molecule has 0 aliphatic heterocycles. The number of pyridine rings is 1. The van der Waals surface area contributed by atoms with Crippen molar-refractivity contribution in [2.24, 2.45) is 7.05 Å². The molecule has 0 atom stereocenters. The monoisotopic (exact) mass is 232 g/mol. The molecule has 0 unspecified atom stereocenters. The van der Waals surface area contributed by atoms with E-state index in [1.165, 1.54) is 11.3 Å². The largest absolute Gasteiger partial charge is 0.481 e. The van der Waals surface area contributed by atoms with Gasteiger partial charge in [0.05, 0.1) is 13.3 Å². The zero-order valence-electron chi connectivity index (χ0n) is 10.3. The minimum Gasteiger partial charge on any atom is -0.481 e. The Kier molecular flexibility index (Phi) is 3.27. The van der Waals surface area contributed by atoms with Crippen molar-refractivity contribution >= 4 is 5.69 Å². The van der Waals surface area contributed by atoms with Gasteiger partial charge in [-0.3, -0.25) is 4.68 Å². The van der Waals surface area contributed by atoms with E-state index < -0.39 is 0 Å². The van der Waals surface area contributed by atoms with Crippen molar-refractivity contribution in [3.05, 3.63) is 35.8 Å². The Morgan fingerprint density at radius 3 is 2.94 bits per heavy atom. The highest BCUT2D eigenvalue weighted by molar-refractivity contribution is 5.45. The second kappa shape index (κ2) is 4.86. The summed E-state index contributed by atoms with van der Waals surface area (Å²) in [5.41, 5.74) is 3.34. The fourth-order valence-corrected chi connectivity index (χ4v) is 1.55. The van der Waals surface area contributed by atoms with Gasteiger partial charge in [0.25, 0.3) is 0 Å². The number of ether oxygens (including phenoxy) is 1. The Hall–Kier alpha value is -2.04. The summed E-state index contributed by atoms with van der Waals surface area (Å²) >= 11 is 0. The lowest BCUT2D eigenvalue weighted by Crippen LogP contribution is -2.02. The molecule has 2 rings (SSSR count). The van der Waals surface area contributed by atoms with Crippen molar-refractivity contribution in [1.29, 1.82) is 0 Å². The molecule has 5 heteroatoms. The third kappa shape index (κ3) is 2.55. The maximum Gasteiger partial charge on any atom is 0.214 e. The van der Waals surface area contributed by atoms with Crippen LogP contribution in [-0.4, -0.2) is 21.9 Å². The molecule has 0 aliphatic rings. The lowest BCUT2D eigenvalue weighted by Gasteiger charge is -2.07. The second-order valence-corrected chi connectivity index (χ2v) is 3.82. The van der Waals surface area contributed by atoms with Crippen LogP contribution in [0.3, 0.4) is 0 Å². The number of methoxy groups -OCH3 is 1. The Labute approximate surface area is 100 Å². The zero-order chi connectivity index (χ0) is 12.3. The van der Waals surface area contributed by atoms with Crippen LogP contribution in [0.15, 0.2) is 24.5 Å². The number of anilines is 1. The topological polar surface area (TPSA) is 52.0 Å². The summed E-state index contributed by atoms with van der Waals surface area (Å²) in [6, 6.07) is 3.78. The van der Waals surface area contributed by atoms with E-state index in [0.29, 0.717) is 5.88 Å². The van der Waals surface area contributed by atoms with Crippen LogP contribution in [-0.2, 0) is 13.6 Å². The van der Waals surface area contributed by atoms with Crippen molar-refractivity contribution in [1.82, 2.24) is 14.8 Å². The third-order valence-electron chi connectivity index (χ3n) is 2.76. The molecule has 90 valence electrons. The van der Waals surface area contributed by atoms with Gasteiger partial charge < -0.3 is 10.1 Å². The third-order valence-corrected chi connectivity index (χ3v) is 2.76. The number of rotatable bonds is 4. The maximum absolute atomic E-state index is 5.07. The van der Waals surface area contributed by atoms with Crippen LogP contribution in [0.4, 0.5) is 5.69 Å². The molecule has 0 fully saturated rings. The highest BCUT2D eigenvalue weighted by Crippen LogP contribution is 2.15. The van der Waals surface area contributed by atoms with Crippen LogP contribution in [0, 0.1) is 6.92 Å². The van der Waals surface area contributed by atoms with Crippen LogP contribution in [0.25, 0.3) is 0 Å². The first-order chi connectivity index (χ1) is 8.20. The molecule has 0 saturated heterocycles. The Morgan fingerprint density at radius 2 is 2.29 bits per heavy atom. The van der Waals surface area contributed by atoms with Crippen molar-refractivity contribution < 1.29 is 4.74 Å². The smallest absolute Gasteiger partial charge is 0.214 e. The molecule has 0 amide bonds. The van der Waals surface area contributed by atoms with Crippen LogP contribution >= 0.6 is 0 Å². The molecule has 1 N–H and O–H groups in total. The van der Waals surface area contributed by atoms with E-state index in [2.05, 4.69) is 22.3 Å².